The van der Waals surface area contributed by atoms with E-state index < -0.39 is 18.5 Å². The van der Waals surface area contributed by atoms with Crippen molar-refractivity contribution in [1.29, 1.82) is 0 Å². The van der Waals surface area contributed by atoms with E-state index in [1.165, 1.54) is 12.1 Å². The van der Waals surface area contributed by atoms with Crippen molar-refractivity contribution in [3.63, 3.8) is 0 Å². The molecule has 7 heteroatoms. The van der Waals surface area contributed by atoms with Crippen molar-refractivity contribution >= 4 is 22.8 Å². The topological polar surface area (TPSA) is 84.1 Å². The number of amides is 1. The Bertz CT molecular complexity index is 905. The van der Waals surface area contributed by atoms with Gasteiger partial charge in [0.05, 0.1) is 11.6 Å². The Morgan fingerprint density at radius 1 is 1.20 bits per heavy atom. The number of fused-ring (bicyclic) bond motifs is 1. The van der Waals surface area contributed by atoms with Gasteiger partial charge in [-0.15, -0.1) is 0 Å². The van der Waals surface area contributed by atoms with E-state index in [0.29, 0.717) is 10.9 Å². The molecule has 1 amide bonds. The molecule has 2 N–H and O–H groups in total. The molecule has 0 bridgehead atoms. The summed E-state index contributed by atoms with van der Waals surface area (Å²) in [5, 5.41) is 9.97. The van der Waals surface area contributed by atoms with Crippen LogP contribution in [0.1, 0.15) is 29.0 Å². The summed E-state index contributed by atoms with van der Waals surface area (Å²) >= 11 is 0. The number of halogens is 1. The van der Waals surface area contributed by atoms with E-state index in [-0.39, 0.29) is 17.6 Å². The SMILES string of the molecule is C[C@@H](NC(=O)COC(=O)c1n[nH]c2ccccc12)c1ccc(F)cc1. The highest BCUT2D eigenvalue weighted by Crippen LogP contribution is 2.16. The predicted molar refractivity (Wildman–Crippen MR) is 89.3 cm³/mol. The molecule has 0 saturated carbocycles. The van der Waals surface area contributed by atoms with Crippen molar-refractivity contribution in [1.82, 2.24) is 15.5 Å². The molecular formula is C18H16FN3O3. The summed E-state index contributed by atoms with van der Waals surface area (Å²) in [6.07, 6.45) is 0. The van der Waals surface area contributed by atoms with Crippen LogP contribution in [0.15, 0.2) is 48.5 Å². The molecule has 0 spiro atoms. The third-order valence-electron chi connectivity index (χ3n) is 3.75. The number of hydrogen-bond donors (Lipinski definition) is 2. The van der Waals surface area contributed by atoms with Crippen LogP contribution in [0.4, 0.5) is 4.39 Å². The lowest BCUT2D eigenvalue weighted by Crippen LogP contribution is -2.31. The number of benzene rings is 2. The zero-order chi connectivity index (χ0) is 17.8. The van der Waals surface area contributed by atoms with Crippen LogP contribution in [0.25, 0.3) is 10.9 Å². The molecule has 0 fully saturated rings. The quantitative estimate of drug-likeness (QED) is 0.699. The second-order valence-electron chi connectivity index (χ2n) is 5.53. The number of esters is 1. The lowest BCUT2D eigenvalue weighted by molar-refractivity contribution is -0.124. The van der Waals surface area contributed by atoms with Gasteiger partial charge >= 0.3 is 5.97 Å². The van der Waals surface area contributed by atoms with Crippen molar-refractivity contribution in [3.8, 4) is 0 Å². The van der Waals surface area contributed by atoms with E-state index in [2.05, 4.69) is 15.5 Å². The minimum absolute atomic E-state index is 0.134. The van der Waals surface area contributed by atoms with Crippen LogP contribution in [0.5, 0.6) is 0 Å². The normalized spacial score (nSPS) is 11.9. The maximum Gasteiger partial charge on any atom is 0.359 e. The molecule has 3 aromatic rings. The summed E-state index contributed by atoms with van der Waals surface area (Å²) in [7, 11) is 0. The number of rotatable bonds is 5. The molecule has 0 unspecified atom stereocenters. The number of hydrogen-bond acceptors (Lipinski definition) is 4. The van der Waals surface area contributed by atoms with E-state index in [1.807, 2.05) is 6.07 Å². The molecule has 2 aromatic carbocycles. The summed E-state index contributed by atoms with van der Waals surface area (Å²) in [4.78, 5) is 24.0. The molecule has 0 radical (unpaired) electrons. The minimum Gasteiger partial charge on any atom is -0.451 e. The molecule has 6 nitrogen and oxygen atoms in total. The molecule has 1 aromatic heterocycles. The second-order valence-corrected chi connectivity index (χ2v) is 5.53. The number of nitrogens with zero attached hydrogens (tertiary/aromatic N) is 1. The maximum atomic E-state index is 12.9. The minimum atomic E-state index is -0.679. The van der Waals surface area contributed by atoms with Crippen LogP contribution < -0.4 is 5.32 Å². The van der Waals surface area contributed by atoms with Gasteiger partial charge in [-0.25, -0.2) is 9.18 Å². The van der Waals surface area contributed by atoms with Crippen LogP contribution >= 0.6 is 0 Å². The van der Waals surface area contributed by atoms with Gasteiger partial charge in [-0.2, -0.15) is 5.10 Å². The largest absolute Gasteiger partial charge is 0.451 e. The van der Waals surface area contributed by atoms with E-state index in [1.54, 1.807) is 37.3 Å². The van der Waals surface area contributed by atoms with Crippen LogP contribution in [-0.4, -0.2) is 28.7 Å². The Morgan fingerprint density at radius 2 is 1.92 bits per heavy atom. The first kappa shape index (κ1) is 16.6. The molecule has 25 heavy (non-hydrogen) atoms. The fourth-order valence-electron chi connectivity index (χ4n) is 2.44. The van der Waals surface area contributed by atoms with Gasteiger partial charge in [0.25, 0.3) is 5.91 Å². The van der Waals surface area contributed by atoms with E-state index in [4.69, 9.17) is 4.74 Å². The van der Waals surface area contributed by atoms with Gasteiger partial charge in [0.15, 0.2) is 12.3 Å². The van der Waals surface area contributed by atoms with Crippen molar-refractivity contribution in [2.75, 3.05) is 6.61 Å². The second kappa shape index (κ2) is 7.12. The Kier molecular flexibility index (Phi) is 4.74. The average Bonchev–Trinajstić information content (AvgIpc) is 3.04. The predicted octanol–water partition coefficient (Wildman–Crippen LogP) is 2.74. The Morgan fingerprint density at radius 3 is 2.68 bits per heavy atom. The highest BCUT2D eigenvalue weighted by Gasteiger charge is 2.17. The number of nitrogens with one attached hydrogen (secondary N) is 2. The lowest BCUT2D eigenvalue weighted by atomic mass is 10.1. The van der Waals surface area contributed by atoms with Crippen LogP contribution in [-0.2, 0) is 9.53 Å². The number of carbonyl (C=O) groups excluding carboxylic acids is 2. The number of aromatic amines is 1. The first-order valence-electron chi connectivity index (χ1n) is 7.69. The van der Waals surface area contributed by atoms with E-state index in [0.717, 1.165) is 5.56 Å². The third kappa shape index (κ3) is 3.82. The van der Waals surface area contributed by atoms with Gasteiger partial charge in [-0.1, -0.05) is 30.3 Å². The first-order valence-corrected chi connectivity index (χ1v) is 7.69. The monoisotopic (exact) mass is 341 g/mol. The summed E-state index contributed by atoms with van der Waals surface area (Å²) in [6.45, 7) is 1.33. The smallest absolute Gasteiger partial charge is 0.359 e. The molecule has 0 aliphatic rings. The van der Waals surface area contributed by atoms with Crippen molar-refractivity contribution in [2.45, 2.75) is 13.0 Å². The van der Waals surface area contributed by atoms with Crippen molar-refractivity contribution < 1.29 is 18.7 Å². The highest BCUT2D eigenvalue weighted by molar-refractivity contribution is 6.02. The number of carbonyl (C=O) groups is 2. The summed E-state index contributed by atoms with van der Waals surface area (Å²) in [5.74, 6) is -1.48. The van der Waals surface area contributed by atoms with Crippen molar-refractivity contribution in [2.24, 2.45) is 0 Å². The van der Waals surface area contributed by atoms with Gasteiger partial charge in [0, 0.05) is 5.39 Å². The maximum absolute atomic E-state index is 12.9. The number of aromatic nitrogens is 2. The molecule has 0 aliphatic heterocycles. The summed E-state index contributed by atoms with van der Waals surface area (Å²) in [6, 6.07) is 12.6. The molecule has 0 saturated heterocycles. The number of para-hydroxylation sites is 1. The van der Waals surface area contributed by atoms with Crippen LogP contribution in [0, 0.1) is 5.82 Å². The number of ether oxygens (including phenoxy) is 1. The fraction of sp³-hybridized carbons (Fsp3) is 0.167. The van der Waals surface area contributed by atoms with Gasteiger partial charge in [0.1, 0.15) is 5.82 Å². The molecular weight excluding hydrogens is 325 g/mol. The summed E-state index contributed by atoms with van der Waals surface area (Å²) in [5.41, 5.74) is 1.60. The zero-order valence-electron chi connectivity index (χ0n) is 13.5. The van der Waals surface area contributed by atoms with Gasteiger partial charge in [0.2, 0.25) is 0 Å². The molecule has 0 aliphatic carbocycles. The number of H-pyrrole nitrogens is 1. The Hall–Kier alpha value is -3.22. The molecule has 1 heterocycles. The zero-order valence-corrected chi connectivity index (χ0v) is 13.5. The van der Waals surface area contributed by atoms with Gasteiger partial charge < -0.3 is 10.1 Å². The van der Waals surface area contributed by atoms with E-state index in [9.17, 15) is 14.0 Å². The molecule has 1 atom stereocenters. The van der Waals surface area contributed by atoms with Crippen molar-refractivity contribution in [3.05, 3.63) is 65.6 Å². The standard InChI is InChI=1S/C18H16FN3O3/c1-11(12-6-8-13(19)9-7-12)20-16(23)10-25-18(24)17-14-4-2-3-5-15(14)21-22-17/h2-9,11H,10H2,1H3,(H,20,23)(H,21,22)/t11-/m1/s1. The van der Waals surface area contributed by atoms with Gasteiger partial charge in [-0.05, 0) is 30.7 Å². The van der Waals surface area contributed by atoms with Crippen LogP contribution in [0.3, 0.4) is 0 Å². The first-order chi connectivity index (χ1) is 12.0. The Balaban J connectivity index is 1.56. The molecule has 3 rings (SSSR count). The summed E-state index contributed by atoms with van der Waals surface area (Å²) < 4.78 is 17.9. The van der Waals surface area contributed by atoms with Gasteiger partial charge in [-0.3, -0.25) is 9.89 Å². The average molecular weight is 341 g/mol. The fourth-order valence-corrected chi connectivity index (χ4v) is 2.44. The van der Waals surface area contributed by atoms with Crippen LogP contribution in [0.2, 0.25) is 0 Å². The van der Waals surface area contributed by atoms with E-state index >= 15 is 0 Å². The Labute approximate surface area is 143 Å². The highest BCUT2D eigenvalue weighted by atomic mass is 19.1. The third-order valence-corrected chi connectivity index (χ3v) is 3.75. The lowest BCUT2D eigenvalue weighted by Gasteiger charge is -2.14. The molecule has 128 valence electrons.